The molecule has 0 aromatic carbocycles. The van der Waals surface area contributed by atoms with Gasteiger partial charge in [0.1, 0.15) is 0 Å². The van der Waals surface area contributed by atoms with E-state index in [0.29, 0.717) is 25.2 Å². The van der Waals surface area contributed by atoms with Crippen LogP contribution in [0.25, 0.3) is 0 Å². The molecule has 0 amide bonds. The zero-order valence-corrected chi connectivity index (χ0v) is 12.8. The Morgan fingerprint density at radius 2 is 1.72 bits per heavy atom. The number of rotatable bonds is 6. The lowest BCUT2D eigenvalue weighted by atomic mass is 10.2. The minimum atomic E-state index is -3.01. The third kappa shape index (κ3) is 4.84. The van der Waals surface area contributed by atoms with Gasteiger partial charge in [-0.05, 0) is 20.3 Å². The van der Waals surface area contributed by atoms with Gasteiger partial charge in [0.05, 0.1) is 6.26 Å². The Kier molecular flexibility index (Phi) is 6.04. The summed E-state index contributed by atoms with van der Waals surface area (Å²) in [4.78, 5) is 2.36. The first-order chi connectivity index (χ1) is 8.34. The molecule has 0 saturated carbocycles. The van der Waals surface area contributed by atoms with Gasteiger partial charge in [0, 0.05) is 44.8 Å². The molecule has 108 valence electrons. The van der Waals surface area contributed by atoms with E-state index in [4.69, 9.17) is 0 Å². The summed E-state index contributed by atoms with van der Waals surface area (Å²) < 4.78 is 24.4. The van der Waals surface area contributed by atoms with Gasteiger partial charge in [0.15, 0.2) is 0 Å². The molecule has 0 aromatic rings. The predicted molar refractivity (Wildman–Crippen MR) is 75.2 cm³/mol. The van der Waals surface area contributed by atoms with Crippen LogP contribution >= 0.6 is 0 Å². The molecule has 0 spiro atoms. The van der Waals surface area contributed by atoms with Crippen LogP contribution in [0.1, 0.15) is 27.2 Å². The largest absolute Gasteiger partial charge is 0.313 e. The second-order valence-electron chi connectivity index (χ2n) is 5.26. The van der Waals surface area contributed by atoms with E-state index in [1.54, 1.807) is 4.31 Å². The molecule has 0 bridgehead atoms. The summed E-state index contributed by atoms with van der Waals surface area (Å²) in [6, 6.07) is 1.01. The van der Waals surface area contributed by atoms with E-state index in [0.717, 1.165) is 26.1 Å². The second kappa shape index (κ2) is 6.84. The van der Waals surface area contributed by atoms with Crippen LogP contribution in [0.3, 0.4) is 0 Å². The third-order valence-corrected chi connectivity index (χ3v) is 5.04. The molecular formula is C12H27N3O2S. The van der Waals surface area contributed by atoms with Crippen molar-refractivity contribution < 1.29 is 8.42 Å². The summed E-state index contributed by atoms with van der Waals surface area (Å²) in [5.41, 5.74) is 0. The molecule has 1 rings (SSSR count). The van der Waals surface area contributed by atoms with E-state index in [1.807, 2.05) is 0 Å². The summed E-state index contributed by atoms with van der Waals surface area (Å²) in [6.45, 7) is 10.4. The van der Waals surface area contributed by atoms with Crippen molar-refractivity contribution in [1.29, 1.82) is 0 Å². The Labute approximate surface area is 112 Å². The average Bonchev–Trinajstić information content (AvgIpc) is 2.34. The number of nitrogens with one attached hydrogen (secondary N) is 1. The Hall–Kier alpha value is -0.170. The van der Waals surface area contributed by atoms with Crippen LogP contribution in [-0.4, -0.2) is 68.7 Å². The van der Waals surface area contributed by atoms with Crippen molar-refractivity contribution in [2.24, 2.45) is 0 Å². The van der Waals surface area contributed by atoms with Gasteiger partial charge in [-0.1, -0.05) is 6.92 Å². The summed E-state index contributed by atoms with van der Waals surface area (Å²) in [5.74, 6) is 0. The van der Waals surface area contributed by atoms with Crippen LogP contribution in [-0.2, 0) is 10.0 Å². The van der Waals surface area contributed by atoms with Crippen LogP contribution in [0.5, 0.6) is 0 Å². The molecule has 1 aliphatic heterocycles. The minimum absolute atomic E-state index is 0.459. The molecule has 1 aliphatic rings. The van der Waals surface area contributed by atoms with Gasteiger partial charge in [-0.25, -0.2) is 8.42 Å². The van der Waals surface area contributed by atoms with Crippen molar-refractivity contribution in [3.63, 3.8) is 0 Å². The van der Waals surface area contributed by atoms with Crippen LogP contribution in [0, 0.1) is 0 Å². The fourth-order valence-corrected chi connectivity index (χ4v) is 2.95. The van der Waals surface area contributed by atoms with Gasteiger partial charge in [-0.15, -0.1) is 0 Å². The number of hydrogen-bond donors (Lipinski definition) is 1. The summed E-state index contributed by atoms with van der Waals surface area (Å²) in [6.07, 6.45) is 2.42. The van der Waals surface area contributed by atoms with Crippen molar-refractivity contribution in [3.05, 3.63) is 0 Å². The van der Waals surface area contributed by atoms with Gasteiger partial charge < -0.3 is 5.32 Å². The number of nitrogens with zero attached hydrogens (tertiary/aromatic N) is 2. The quantitative estimate of drug-likeness (QED) is 0.761. The Bertz CT molecular complexity index is 337. The van der Waals surface area contributed by atoms with Crippen LogP contribution in [0.15, 0.2) is 0 Å². The molecule has 1 fully saturated rings. The first-order valence-corrected chi connectivity index (χ1v) is 8.62. The van der Waals surface area contributed by atoms with Crippen molar-refractivity contribution >= 4 is 10.0 Å². The molecule has 0 aromatic heterocycles. The van der Waals surface area contributed by atoms with Crippen LogP contribution < -0.4 is 5.32 Å². The Morgan fingerprint density at radius 3 is 2.17 bits per heavy atom. The fraction of sp³-hybridized carbons (Fsp3) is 1.00. The molecule has 2 atom stereocenters. The highest BCUT2D eigenvalue weighted by molar-refractivity contribution is 7.88. The smallest absolute Gasteiger partial charge is 0.211 e. The first kappa shape index (κ1) is 15.9. The number of hydrogen-bond acceptors (Lipinski definition) is 4. The van der Waals surface area contributed by atoms with Crippen molar-refractivity contribution in [1.82, 2.24) is 14.5 Å². The topological polar surface area (TPSA) is 52.6 Å². The molecule has 0 radical (unpaired) electrons. The highest BCUT2D eigenvalue weighted by Gasteiger charge is 2.25. The van der Waals surface area contributed by atoms with E-state index in [-0.39, 0.29) is 0 Å². The van der Waals surface area contributed by atoms with Gasteiger partial charge in [0.2, 0.25) is 10.0 Å². The maximum atomic E-state index is 11.4. The monoisotopic (exact) mass is 277 g/mol. The first-order valence-electron chi connectivity index (χ1n) is 6.77. The summed E-state index contributed by atoms with van der Waals surface area (Å²) in [7, 11) is -3.01. The Balaban J connectivity index is 2.34. The second-order valence-corrected chi connectivity index (χ2v) is 7.25. The lowest BCUT2D eigenvalue weighted by Crippen LogP contribution is -2.53. The summed E-state index contributed by atoms with van der Waals surface area (Å²) >= 11 is 0. The van der Waals surface area contributed by atoms with E-state index in [2.05, 4.69) is 31.0 Å². The van der Waals surface area contributed by atoms with E-state index in [9.17, 15) is 8.42 Å². The van der Waals surface area contributed by atoms with Crippen LogP contribution in [0.2, 0.25) is 0 Å². The van der Waals surface area contributed by atoms with Gasteiger partial charge in [-0.2, -0.15) is 4.31 Å². The fourth-order valence-electron chi connectivity index (χ4n) is 2.12. The maximum Gasteiger partial charge on any atom is 0.211 e. The van der Waals surface area contributed by atoms with Crippen LogP contribution in [0.4, 0.5) is 0 Å². The highest BCUT2D eigenvalue weighted by Crippen LogP contribution is 2.09. The normalized spacial score (nSPS) is 22.9. The van der Waals surface area contributed by atoms with Gasteiger partial charge in [0.25, 0.3) is 0 Å². The third-order valence-electron chi connectivity index (χ3n) is 3.74. The standard InChI is InChI=1S/C12H27N3O2S/c1-5-11(2)13-10-12(3)14-6-8-15(9-7-14)18(4,16)17/h11-13H,5-10H2,1-4H3. The number of sulfonamides is 1. The van der Waals surface area contributed by atoms with E-state index >= 15 is 0 Å². The predicted octanol–water partition coefficient (Wildman–Crippen LogP) is 0.340. The molecule has 5 nitrogen and oxygen atoms in total. The molecule has 1 N–H and O–H groups in total. The van der Waals surface area contributed by atoms with Crippen molar-refractivity contribution in [2.45, 2.75) is 39.3 Å². The lowest BCUT2D eigenvalue weighted by Gasteiger charge is -2.37. The molecule has 0 aliphatic carbocycles. The molecule has 1 heterocycles. The maximum absolute atomic E-state index is 11.4. The SMILES string of the molecule is CCC(C)NCC(C)N1CCN(S(C)(=O)=O)CC1. The Morgan fingerprint density at radius 1 is 1.17 bits per heavy atom. The van der Waals surface area contributed by atoms with Crippen molar-refractivity contribution in [2.75, 3.05) is 39.0 Å². The zero-order valence-electron chi connectivity index (χ0n) is 12.0. The van der Waals surface area contributed by atoms with E-state index in [1.165, 1.54) is 6.26 Å². The average molecular weight is 277 g/mol. The van der Waals surface area contributed by atoms with Gasteiger partial charge >= 0.3 is 0 Å². The zero-order chi connectivity index (χ0) is 13.8. The molecule has 18 heavy (non-hydrogen) atoms. The number of piperazine rings is 1. The molecule has 2 unspecified atom stereocenters. The summed E-state index contributed by atoms with van der Waals surface area (Å²) in [5, 5.41) is 3.50. The molecule has 6 heteroatoms. The lowest BCUT2D eigenvalue weighted by molar-refractivity contribution is 0.142. The molecule has 1 saturated heterocycles. The van der Waals surface area contributed by atoms with E-state index < -0.39 is 10.0 Å². The molecular weight excluding hydrogens is 250 g/mol. The highest BCUT2D eigenvalue weighted by atomic mass is 32.2. The van der Waals surface area contributed by atoms with Gasteiger partial charge in [-0.3, -0.25) is 4.90 Å². The minimum Gasteiger partial charge on any atom is -0.313 e. The van der Waals surface area contributed by atoms with Crippen molar-refractivity contribution in [3.8, 4) is 0 Å².